The largest absolute Gasteiger partial charge is 0.299 e. The van der Waals surface area contributed by atoms with Crippen molar-refractivity contribution in [1.29, 1.82) is 0 Å². The van der Waals surface area contributed by atoms with E-state index in [2.05, 4.69) is 47.5 Å². The van der Waals surface area contributed by atoms with Crippen LogP contribution >= 0.6 is 11.8 Å². The van der Waals surface area contributed by atoms with E-state index in [1.807, 2.05) is 17.0 Å². The molecule has 2 saturated heterocycles. The van der Waals surface area contributed by atoms with Crippen molar-refractivity contribution in [3.05, 3.63) is 89.0 Å². The number of benzene rings is 3. The second-order valence-corrected chi connectivity index (χ2v) is 11.5. The first-order chi connectivity index (χ1) is 18.5. The summed E-state index contributed by atoms with van der Waals surface area (Å²) in [7, 11) is 0. The Morgan fingerprint density at radius 1 is 0.947 bits per heavy atom. The molecule has 7 heteroatoms. The molecule has 3 aromatic rings. The van der Waals surface area contributed by atoms with Crippen LogP contribution in [0.4, 0.5) is 14.5 Å². The predicted octanol–water partition coefficient (Wildman–Crippen LogP) is 6.87. The van der Waals surface area contributed by atoms with Crippen LogP contribution in [-0.4, -0.2) is 37.1 Å². The number of nitrogens with one attached hydrogen (secondary N) is 1. The zero-order valence-electron chi connectivity index (χ0n) is 21.8. The zero-order chi connectivity index (χ0) is 26.5. The number of carbonyl (C=O) groups excluding carboxylic acids is 1. The number of likely N-dealkylation sites (tertiary alicyclic amines) is 1. The highest BCUT2D eigenvalue weighted by atomic mass is 32.2. The quantitative estimate of drug-likeness (QED) is 0.320. The number of nitrogens with zero attached hydrogens (tertiary/aromatic N) is 2. The Bertz CT molecular complexity index is 1240. The summed E-state index contributed by atoms with van der Waals surface area (Å²) in [5.41, 5.74) is 4.90. The number of anilines is 1. The molecule has 3 aromatic carbocycles. The standard InChI is InChI=1S/C31H35F2N3OS/c1-22-5-8-25(36(21-37)31-4-2-3-15-34-31)18-28(22)24-13-16-35(17-14-24)20-23-6-9-26(10-7-23)38-27-11-12-29(32)30(33)19-27/h5-12,18-19,21,24,31,34H,2-4,13-17,20H2,1H3/t31-/m0/s1. The van der Waals surface area contributed by atoms with Gasteiger partial charge in [-0.1, -0.05) is 30.0 Å². The number of aryl methyl sites for hydroxylation is 1. The fraction of sp³-hybridized carbons (Fsp3) is 0.387. The minimum atomic E-state index is -0.823. The maximum absolute atomic E-state index is 13.5. The molecule has 5 rings (SSSR count). The minimum absolute atomic E-state index is 0.0836. The van der Waals surface area contributed by atoms with Crippen molar-refractivity contribution in [3.63, 3.8) is 0 Å². The summed E-state index contributed by atoms with van der Waals surface area (Å²) < 4.78 is 26.7. The van der Waals surface area contributed by atoms with Crippen LogP contribution in [0.3, 0.4) is 0 Å². The molecular weight excluding hydrogens is 500 g/mol. The number of hydrogen-bond donors (Lipinski definition) is 1. The predicted molar refractivity (Wildman–Crippen MR) is 150 cm³/mol. The van der Waals surface area contributed by atoms with E-state index in [0.29, 0.717) is 10.8 Å². The van der Waals surface area contributed by atoms with Crippen LogP contribution in [0.5, 0.6) is 0 Å². The highest BCUT2D eigenvalue weighted by molar-refractivity contribution is 7.99. The van der Waals surface area contributed by atoms with Crippen LogP contribution in [0.25, 0.3) is 0 Å². The van der Waals surface area contributed by atoms with Gasteiger partial charge in [-0.05, 0) is 124 Å². The minimum Gasteiger partial charge on any atom is -0.299 e. The first-order valence-electron chi connectivity index (χ1n) is 13.5. The highest BCUT2D eigenvalue weighted by Gasteiger charge is 2.25. The lowest BCUT2D eigenvalue weighted by Gasteiger charge is -2.35. The summed E-state index contributed by atoms with van der Waals surface area (Å²) in [5.74, 6) is -1.15. The lowest BCUT2D eigenvalue weighted by atomic mass is 9.86. The van der Waals surface area contributed by atoms with Gasteiger partial charge < -0.3 is 0 Å². The summed E-state index contributed by atoms with van der Waals surface area (Å²) in [4.78, 5) is 18.0. The van der Waals surface area contributed by atoms with Gasteiger partial charge in [-0.2, -0.15) is 0 Å². The topological polar surface area (TPSA) is 35.6 Å². The van der Waals surface area contributed by atoms with Gasteiger partial charge in [-0.15, -0.1) is 0 Å². The van der Waals surface area contributed by atoms with Crippen LogP contribution in [0.1, 0.15) is 54.7 Å². The normalized spacial score (nSPS) is 18.9. The third kappa shape index (κ3) is 6.45. The van der Waals surface area contributed by atoms with Crippen molar-refractivity contribution in [3.8, 4) is 0 Å². The van der Waals surface area contributed by atoms with Crippen LogP contribution in [-0.2, 0) is 11.3 Å². The molecule has 0 aromatic heterocycles. The van der Waals surface area contributed by atoms with E-state index in [1.54, 1.807) is 6.07 Å². The first-order valence-corrected chi connectivity index (χ1v) is 14.3. The van der Waals surface area contributed by atoms with E-state index in [4.69, 9.17) is 0 Å². The van der Waals surface area contributed by atoms with Gasteiger partial charge in [0.2, 0.25) is 6.41 Å². The van der Waals surface area contributed by atoms with E-state index in [0.717, 1.165) is 68.9 Å². The van der Waals surface area contributed by atoms with Crippen LogP contribution in [0.15, 0.2) is 70.5 Å². The van der Waals surface area contributed by atoms with Gasteiger partial charge in [-0.25, -0.2) is 8.78 Å². The average molecular weight is 536 g/mol. The lowest BCUT2D eigenvalue weighted by Crippen LogP contribution is -2.47. The Balaban J connectivity index is 1.17. The Morgan fingerprint density at radius 3 is 2.39 bits per heavy atom. The average Bonchev–Trinajstić information content (AvgIpc) is 2.94. The van der Waals surface area contributed by atoms with Crippen molar-refractivity contribution in [2.75, 3.05) is 24.5 Å². The SMILES string of the molecule is Cc1ccc(N(C=O)[C@H]2CCCCN2)cc1C1CCN(Cc2ccc(Sc3ccc(F)c(F)c3)cc2)CC1. The smallest absolute Gasteiger partial charge is 0.215 e. The Hall–Kier alpha value is -2.74. The number of piperidine rings is 2. The van der Waals surface area contributed by atoms with Crippen molar-refractivity contribution in [2.24, 2.45) is 0 Å². The molecule has 0 saturated carbocycles. The third-order valence-electron chi connectivity index (χ3n) is 7.78. The van der Waals surface area contributed by atoms with Gasteiger partial charge in [0.05, 0.1) is 6.17 Å². The Morgan fingerprint density at radius 2 is 1.71 bits per heavy atom. The Labute approximate surface area is 228 Å². The van der Waals surface area contributed by atoms with E-state index in [1.165, 1.54) is 47.0 Å². The summed E-state index contributed by atoms with van der Waals surface area (Å²) in [6.07, 6.45) is 6.55. The van der Waals surface area contributed by atoms with E-state index in [9.17, 15) is 13.6 Å². The van der Waals surface area contributed by atoms with Gasteiger partial charge in [0.25, 0.3) is 0 Å². The molecule has 2 aliphatic rings. The van der Waals surface area contributed by atoms with Crippen LogP contribution in [0, 0.1) is 18.6 Å². The second kappa shape index (κ2) is 12.4. The number of halogens is 2. The molecule has 0 unspecified atom stereocenters. The summed E-state index contributed by atoms with van der Waals surface area (Å²) in [5, 5.41) is 3.49. The number of rotatable bonds is 8. The molecule has 0 aliphatic carbocycles. The Kier molecular flexibility index (Phi) is 8.77. The van der Waals surface area contributed by atoms with Gasteiger partial charge in [0.15, 0.2) is 11.6 Å². The first kappa shape index (κ1) is 26.9. The van der Waals surface area contributed by atoms with E-state index in [-0.39, 0.29) is 6.17 Å². The van der Waals surface area contributed by atoms with Crippen molar-refractivity contribution in [2.45, 2.75) is 67.4 Å². The summed E-state index contributed by atoms with van der Waals surface area (Å²) >= 11 is 1.43. The van der Waals surface area contributed by atoms with Crippen LogP contribution < -0.4 is 10.2 Å². The number of carbonyl (C=O) groups is 1. The van der Waals surface area contributed by atoms with Crippen molar-refractivity contribution in [1.82, 2.24) is 10.2 Å². The maximum Gasteiger partial charge on any atom is 0.215 e. The molecule has 2 fully saturated rings. The lowest BCUT2D eigenvalue weighted by molar-refractivity contribution is -0.108. The molecule has 38 heavy (non-hydrogen) atoms. The maximum atomic E-state index is 13.5. The molecule has 4 nitrogen and oxygen atoms in total. The van der Waals surface area contributed by atoms with Gasteiger partial charge in [-0.3, -0.25) is 19.9 Å². The van der Waals surface area contributed by atoms with Gasteiger partial charge in [0.1, 0.15) is 0 Å². The second-order valence-electron chi connectivity index (χ2n) is 10.4. The van der Waals surface area contributed by atoms with E-state index >= 15 is 0 Å². The monoisotopic (exact) mass is 535 g/mol. The van der Waals surface area contributed by atoms with Gasteiger partial charge in [0, 0.05) is 22.0 Å². The molecule has 0 radical (unpaired) electrons. The molecule has 1 atom stereocenters. The molecule has 200 valence electrons. The molecule has 1 N–H and O–H groups in total. The fourth-order valence-corrected chi connectivity index (χ4v) is 6.46. The highest BCUT2D eigenvalue weighted by Crippen LogP contribution is 2.34. The molecular formula is C31H35F2N3OS. The molecule has 1 amide bonds. The zero-order valence-corrected chi connectivity index (χ0v) is 22.7. The third-order valence-corrected chi connectivity index (χ3v) is 8.78. The van der Waals surface area contributed by atoms with Crippen molar-refractivity contribution >= 4 is 23.9 Å². The molecule has 2 aliphatic heterocycles. The van der Waals surface area contributed by atoms with Crippen molar-refractivity contribution < 1.29 is 13.6 Å². The van der Waals surface area contributed by atoms with Crippen LogP contribution in [0.2, 0.25) is 0 Å². The number of amides is 1. The number of hydrogen-bond acceptors (Lipinski definition) is 4. The summed E-state index contributed by atoms with van der Waals surface area (Å²) in [6, 6.07) is 18.8. The summed E-state index contributed by atoms with van der Waals surface area (Å²) in [6.45, 7) is 6.09. The van der Waals surface area contributed by atoms with E-state index < -0.39 is 11.6 Å². The fourth-order valence-electron chi connectivity index (χ4n) is 5.61. The molecule has 2 heterocycles. The molecule has 0 spiro atoms. The molecule has 0 bridgehead atoms. The van der Waals surface area contributed by atoms with Gasteiger partial charge >= 0.3 is 0 Å².